The summed E-state index contributed by atoms with van der Waals surface area (Å²) in [5.74, 6) is 0.453. The Labute approximate surface area is 90.7 Å². The molecule has 1 heterocycles. The van der Waals surface area contributed by atoms with Crippen molar-refractivity contribution in [2.75, 3.05) is 0 Å². The van der Waals surface area contributed by atoms with E-state index in [0.29, 0.717) is 17.2 Å². The maximum absolute atomic E-state index is 7.11. The van der Waals surface area contributed by atoms with E-state index in [0.717, 1.165) is 12.0 Å². The van der Waals surface area contributed by atoms with Gasteiger partial charge in [0, 0.05) is 0 Å². The first-order chi connectivity index (χ1) is 6.91. The molecule has 78 valence electrons. The summed E-state index contributed by atoms with van der Waals surface area (Å²) >= 11 is 0. The zero-order valence-corrected chi connectivity index (χ0v) is 9.51. The monoisotopic (exact) mass is 202 g/mol. The largest absolute Gasteiger partial charge is 0.510 e. The molecule has 0 N–H and O–H groups in total. The highest BCUT2D eigenvalue weighted by Gasteiger charge is 2.31. The number of ether oxygens (including phenoxy) is 1. The van der Waals surface area contributed by atoms with Crippen LogP contribution in [0.25, 0.3) is 9.69 Å². The van der Waals surface area contributed by atoms with Crippen molar-refractivity contribution in [3.8, 4) is 0 Å². The molecule has 0 aromatic rings. The summed E-state index contributed by atoms with van der Waals surface area (Å²) in [6.07, 6.45) is 0.736. The quantitative estimate of drug-likeness (QED) is 0.549. The molecular formula is C12H14N2O. The molecular weight excluding hydrogens is 188 g/mol. The van der Waals surface area contributed by atoms with Crippen LogP contribution < -0.4 is 0 Å². The van der Waals surface area contributed by atoms with E-state index in [1.807, 2.05) is 20.8 Å². The molecule has 0 spiro atoms. The van der Waals surface area contributed by atoms with Crippen LogP contribution in [0, 0.1) is 13.1 Å². The maximum atomic E-state index is 7.11. The standard InChI is InChI=1S/C12H14N2O/c1-8-7-12(3,4)15-11(9(2)13-5)10(8)14-6/h7H2,1-4H3. The van der Waals surface area contributed by atoms with Gasteiger partial charge in [0.15, 0.2) is 5.70 Å². The fraction of sp³-hybridized carbons (Fsp3) is 0.500. The van der Waals surface area contributed by atoms with Crippen molar-refractivity contribution in [3.63, 3.8) is 0 Å². The van der Waals surface area contributed by atoms with Gasteiger partial charge < -0.3 is 4.74 Å². The first-order valence-electron chi connectivity index (χ1n) is 4.76. The molecule has 0 bridgehead atoms. The highest BCUT2D eigenvalue weighted by Crippen LogP contribution is 2.37. The Balaban J connectivity index is 3.36. The van der Waals surface area contributed by atoms with E-state index < -0.39 is 0 Å². The number of allylic oxidation sites excluding steroid dienone is 1. The normalized spacial score (nSPS) is 22.5. The fourth-order valence-electron chi connectivity index (χ4n) is 1.72. The first-order valence-corrected chi connectivity index (χ1v) is 4.76. The average molecular weight is 202 g/mol. The van der Waals surface area contributed by atoms with Gasteiger partial charge in [-0.3, -0.25) is 0 Å². The summed E-state index contributed by atoms with van der Waals surface area (Å²) in [5, 5.41) is 0. The minimum Gasteiger partial charge on any atom is -0.510 e. The third kappa shape index (κ3) is 2.19. The zero-order valence-electron chi connectivity index (χ0n) is 9.51. The molecule has 0 atom stereocenters. The van der Waals surface area contributed by atoms with Gasteiger partial charge in [0.25, 0.3) is 0 Å². The van der Waals surface area contributed by atoms with Gasteiger partial charge >= 0.3 is 0 Å². The Kier molecular flexibility index (Phi) is 2.86. The third-order valence-corrected chi connectivity index (χ3v) is 2.30. The van der Waals surface area contributed by atoms with Crippen LogP contribution in [0.3, 0.4) is 0 Å². The van der Waals surface area contributed by atoms with Gasteiger partial charge in [0.2, 0.25) is 5.70 Å². The van der Waals surface area contributed by atoms with Crippen molar-refractivity contribution in [3.05, 3.63) is 45.6 Å². The van der Waals surface area contributed by atoms with E-state index in [4.69, 9.17) is 17.9 Å². The number of hydrogen-bond acceptors (Lipinski definition) is 1. The van der Waals surface area contributed by atoms with Crippen LogP contribution in [0.1, 0.15) is 34.1 Å². The highest BCUT2D eigenvalue weighted by molar-refractivity contribution is 5.42. The lowest BCUT2D eigenvalue weighted by Crippen LogP contribution is -2.29. The minimum absolute atomic E-state index is 0.320. The van der Waals surface area contributed by atoms with E-state index in [1.54, 1.807) is 6.92 Å². The molecule has 0 unspecified atom stereocenters. The van der Waals surface area contributed by atoms with Crippen LogP contribution in [0.15, 0.2) is 22.7 Å². The smallest absolute Gasteiger partial charge is 0.216 e. The third-order valence-electron chi connectivity index (χ3n) is 2.30. The summed E-state index contributed by atoms with van der Waals surface area (Å²) in [5.41, 5.74) is 1.63. The van der Waals surface area contributed by atoms with Crippen molar-refractivity contribution in [2.24, 2.45) is 0 Å². The molecule has 0 amide bonds. The first kappa shape index (κ1) is 11.3. The molecule has 0 aromatic carbocycles. The topological polar surface area (TPSA) is 17.9 Å². The van der Waals surface area contributed by atoms with Gasteiger partial charge in [-0.05, 0) is 27.2 Å². The van der Waals surface area contributed by atoms with Gasteiger partial charge in [-0.15, -0.1) is 0 Å². The lowest BCUT2D eigenvalue weighted by atomic mass is 9.94. The molecule has 0 fully saturated rings. The Morgan fingerprint density at radius 1 is 1.40 bits per heavy atom. The van der Waals surface area contributed by atoms with Crippen molar-refractivity contribution in [2.45, 2.75) is 39.7 Å². The van der Waals surface area contributed by atoms with Gasteiger partial charge in [-0.1, -0.05) is 12.5 Å². The van der Waals surface area contributed by atoms with Crippen LogP contribution in [-0.4, -0.2) is 5.60 Å². The minimum atomic E-state index is -0.320. The van der Waals surface area contributed by atoms with Gasteiger partial charge in [-0.2, -0.15) is 0 Å². The second-order valence-electron chi connectivity index (χ2n) is 4.31. The van der Waals surface area contributed by atoms with E-state index in [1.165, 1.54) is 0 Å². The van der Waals surface area contributed by atoms with Crippen LogP contribution in [0.5, 0.6) is 0 Å². The van der Waals surface area contributed by atoms with E-state index in [2.05, 4.69) is 9.69 Å². The van der Waals surface area contributed by atoms with E-state index in [9.17, 15) is 0 Å². The number of nitrogens with zero attached hydrogens (tertiary/aromatic N) is 2. The van der Waals surface area contributed by atoms with E-state index in [-0.39, 0.29) is 5.60 Å². The summed E-state index contributed by atoms with van der Waals surface area (Å²) < 4.78 is 5.69. The maximum Gasteiger partial charge on any atom is 0.216 e. The lowest BCUT2D eigenvalue weighted by Gasteiger charge is -2.34. The van der Waals surface area contributed by atoms with Crippen LogP contribution in [0.2, 0.25) is 0 Å². The second kappa shape index (κ2) is 3.79. The summed E-state index contributed by atoms with van der Waals surface area (Å²) in [7, 11) is 0. The van der Waals surface area contributed by atoms with Gasteiger partial charge in [-0.25, -0.2) is 9.69 Å². The Morgan fingerprint density at radius 3 is 2.47 bits per heavy atom. The van der Waals surface area contributed by atoms with Gasteiger partial charge in [0.05, 0.1) is 13.1 Å². The van der Waals surface area contributed by atoms with Crippen LogP contribution in [0.4, 0.5) is 0 Å². The SMILES string of the molecule is [C-]#[N+]C(C)=C1OC(C)(C)CC(C)=C1[N+]#[C-]. The predicted molar refractivity (Wildman–Crippen MR) is 58.4 cm³/mol. The zero-order chi connectivity index (χ0) is 11.6. The molecule has 3 heteroatoms. The lowest BCUT2D eigenvalue weighted by molar-refractivity contribution is 0.0303. The van der Waals surface area contributed by atoms with Crippen molar-refractivity contribution < 1.29 is 4.74 Å². The fourth-order valence-corrected chi connectivity index (χ4v) is 1.72. The van der Waals surface area contributed by atoms with Crippen molar-refractivity contribution in [1.29, 1.82) is 0 Å². The molecule has 0 saturated heterocycles. The molecule has 0 radical (unpaired) electrons. The van der Waals surface area contributed by atoms with E-state index >= 15 is 0 Å². The average Bonchev–Trinajstić information content (AvgIpc) is 2.14. The predicted octanol–water partition coefficient (Wildman–Crippen LogP) is 3.53. The summed E-state index contributed by atoms with van der Waals surface area (Å²) in [4.78, 5) is 6.79. The van der Waals surface area contributed by atoms with Crippen molar-refractivity contribution in [1.82, 2.24) is 0 Å². The van der Waals surface area contributed by atoms with Crippen molar-refractivity contribution >= 4 is 0 Å². The number of rotatable bonds is 0. The highest BCUT2D eigenvalue weighted by atomic mass is 16.5. The Hall–Kier alpha value is -1.74. The second-order valence-corrected chi connectivity index (χ2v) is 4.31. The molecule has 3 nitrogen and oxygen atoms in total. The summed E-state index contributed by atoms with van der Waals surface area (Å²) in [6, 6.07) is 0. The molecule has 1 rings (SSSR count). The van der Waals surface area contributed by atoms with Crippen LogP contribution in [-0.2, 0) is 4.74 Å². The Bertz CT molecular complexity index is 428. The molecule has 0 aliphatic carbocycles. The molecule has 1 aliphatic rings. The Morgan fingerprint density at radius 2 is 2.00 bits per heavy atom. The molecule has 0 saturated carbocycles. The van der Waals surface area contributed by atoms with Gasteiger partial charge in [0.1, 0.15) is 11.4 Å². The summed E-state index contributed by atoms with van der Waals surface area (Å²) in [6.45, 7) is 21.6. The molecule has 1 aliphatic heterocycles. The van der Waals surface area contributed by atoms with Crippen LogP contribution >= 0.6 is 0 Å². The number of hydrogen-bond donors (Lipinski definition) is 0. The molecule has 15 heavy (non-hydrogen) atoms. The molecule has 0 aromatic heterocycles.